The summed E-state index contributed by atoms with van der Waals surface area (Å²) in [6.07, 6.45) is 5.02. The van der Waals surface area contributed by atoms with E-state index in [1.165, 1.54) is 0 Å². The van der Waals surface area contributed by atoms with Gasteiger partial charge in [0, 0.05) is 45.7 Å². The van der Waals surface area contributed by atoms with Crippen LogP contribution in [0.4, 0.5) is 0 Å². The number of rotatable bonds is 9. The summed E-state index contributed by atoms with van der Waals surface area (Å²) in [6, 6.07) is 5.88. The summed E-state index contributed by atoms with van der Waals surface area (Å²) in [5.74, 6) is 1.50. The van der Waals surface area contributed by atoms with Gasteiger partial charge in [0.2, 0.25) is 0 Å². The third-order valence-electron chi connectivity index (χ3n) is 3.92. The Balaban J connectivity index is 0.00000312. The Morgan fingerprint density at radius 2 is 2.16 bits per heavy atom. The highest BCUT2D eigenvalue weighted by molar-refractivity contribution is 14.0. The molecule has 0 radical (unpaired) electrons. The zero-order valence-corrected chi connectivity index (χ0v) is 17.4. The van der Waals surface area contributed by atoms with Crippen LogP contribution in [0, 0.1) is 5.92 Å². The molecule has 0 aliphatic carbocycles. The fourth-order valence-corrected chi connectivity index (χ4v) is 2.54. The fraction of sp³-hybridized carbons (Fsp3) is 0.667. The quantitative estimate of drug-likeness (QED) is 0.256. The second-order valence-corrected chi connectivity index (χ2v) is 5.93. The molecule has 0 spiro atoms. The van der Waals surface area contributed by atoms with Crippen LogP contribution in [-0.4, -0.2) is 50.5 Å². The maximum Gasteiger partial charge on any atom is 0.191 e. The van der Waals surface area contributed by atoms with Gasteiger partial charge >= 0.3 is 0 Å². The van der Waals surface area contributed by atoms with Crippen molar-refractivity contribution < 1.29 is 9.47 Å². The molecule has 25 heavy (non-hydrogen) atoms. The summed E-state index contributed by atoms with van der Waals surface area (Å²) in [4.78, 5) is 8.84. The van der Waals surface area contributed by atoms with E-state index in [0.29, 0.717) is 12.5 Å². The van der Waals surface area contributed by atoms with Crippen molar-refractivity contribution in [3.63, 3.8) is 0 Å². The van der Waals surface area contributed by atoms with E-state index in [0.717, 1.165) is 70.4 Å². The van der Waals surface area contributed by atoms with Crippen LogP contribution in [0.3, 0.4) is 0 Å². The van der Waals surface area contributed by atoms with E-state index >= 15 is 0 Å². The van der Waals surface area contributed by atoms with Gasteiger partial charge < -0.3 is 20.1 Å². The standard InChI is InChI=1S/C18H30N4O2.HI/c1-2-19-18(22-14-17-6-3-4-9-20-17)21-10-5-11-24-15-16-7-12-23-13-8-16;/h3-4,6,9,16H,2,5,7-8,10-15H2,1H3,(H2,19,21,22);1H. The Bertz CT molecular complexity index is 467. The van der Waals surface area contributed by atoms with E-state index in [9.17, 15) is 0 Å². The van der Waals surface area contributed by atoms with Gasteiger partial charge in [-0.15, -0.1) is 24.0 Å². The molecule has 2 heterocycles. The number of guanidine groups is 1. The third-order valence-corrected chi connectivity index (χ3v) is 3.92. The van der Waals surface area contributed by atoms with E-state index in [1.54, 1.807) is 6.20 Å². The van der Waals surface area contributed by atoms with E-state index in [4.69, 9.17) is 9.47 Å². The van der Waals surface area contributed by atoms with Crippen LogP contribution < -0.4 is 10.6 Å². The number of ether oxygens (including phenoxy) is 2. The number of aromatic nitrogens is 1. The van der Waals surface area contributed by atoms with Gasteiger partial charge in [0.05, 0.1) is 12.2 Å². The Morgan fingerprint density at radius 3 is 2.88 bits per heavy atom. The predicted octanol–water partition coefficient (Wildman–Crippen LogP) is 2.59. The Morgan fingerprint density at radius 1 is 1.32 bits per heavy atom. The molecule has 0 unspecified atom stereocenters. The second kappa shape index (κ2) is 14.3. The van der Waals surface area contributed by atoms with Gasteiger partial charge in [-0.3, -0.25) is 4.98 Å². The Kier molecular flexibility index (Phi) is 12.6. The van der Waals surface area contributed by atoms with Crippen molar-refractivity contribution in [3.05, 3.63) is 30.1 Å². The van der Waals surface area contributed by atoms with Gasteiger partial charge in [-0.1, -0.05) is 6.07 Å². The number of pyridine rings is 1. The molecule has 7 heteroatoms. The molecular weight excluding hydrogens is 431 g/mol. The topological polar surface area (TPSA) is 67.8 Å². The van der Waals surface area contributed by atoms with Gasteiger partial charge in [-0.25, -0.2) is 4.99 Å². The summed E-state index contributed by atoms with van der Waals surface area (Å²) in [6.45, 7) is 7.74. The lowest BCUT2D eigenvalue weighted by molar-refractivity contribution is 0.0203. The first-order valence-corrected chi connectivity index (χ1v) is 8.96. The number of hydrogen-bond acceptors (Lipinski definition) is 4. The van der Waals surface area contributed by atoms with Crippen molar-refractivity contribution in [1.82, 2.24) is 15.6 Å². The average Bonchev–Trinajstić information content (AvgIpc) is 2.64. The second-order valence-electron chi connectivity index (χ2n) is 5.93. The van der Waals surface area contributed by atoms with Gasteiger partial charge in [-0.2, -0.15) is 0 Å². The van der Waals surface area contributed by atoms with Crippen LogP contribution in [-0.2, 0) is 16.0 Å². The lowest BCUT2D eigenvalue weighted by atomic mass is 10.0. The summed E-state index contributed by atoms with van der Waals surface area (Å²) < 4.78 is 11.1. The largest absolute Gasteiger partial charge is 0.381 e. The number of nitrogens with one attached hydrogen (secondary N) is 2. The number of aliphatic imine (C=N–C) groups is 1. The third kappa shape index (κ3) is 9.96. The average molecular weight is 462 g/mol. The molecule has 0 aromatic carbocycles. The van der Waals surface area contributed by atoms with Crippen molar-refractivity contribution in [2.24, 2.45) is 10.9 Å². The normalized spacial score (nSPS) is 15.5. The van der Waals surface area contributed by atoms with Gasteiger partial charge in [-0.05, 0) is 44.2 Å². The summed E-state index contributed by atoms with van der Waals surface area (Å²) in [7, 11) is 0. The monoisotopic (exact) mass is 462 g/mol. The highest BCUT2D eigenvalue weighted by atomic mass is 127. The minimum atomic E-state index is 0. The highest BCUT2D eigenvalue weighted by Gasteiger charge is 2.13. The number of hydrogen-bond donors (Lipinski definition) is 2. The molecule has 0 saturated carbocycles. The molecular formula is C18H31IN4O2. The van der Waals surface area contributed by atoms with E-state index in [1.807, 2.05) is 18.2 Å². The first-order chi connectivity index (χ1) is 11.9. The predicted molar refractivity (Wildman–Crippen MR) is 111 cm³/mol. The van der Waals surface area contributed by atoms with Crippen LogP contribution >= 0.6 is 24.0 Å². The molecule has 1 fully saturated rings. The molecule has 0 bridgehead atoms. The number of nitrogens with zero attached hydrogens (tertiary/aromatic N) is 2. The van der Waals surface area contributed by atoms with Crippen molar-refractivity contribution in [1.29, 1.82) is 0 Å². The van der Waals surface area contributed by atoms with Crippen LogP contribution in [0.2, 0.25) is 0 Å². The zero-order valence-electron chi connectivity index (χ0n) is 15.1. The molecule has 1 aromatic rings. The van der Waals surface area contributed by atoms with Crippen LogP contribution in [0.1, 0.15) is 31.9 Å². The van der Waals surface area contributed by atoms with Gasteiger partial charge in [0.1, 0.15) is 0 Å². The molecule has 2 rings (SSSR count). The first-order valence-electron chi connectivity index (χ1n) is 8.96. The SMILES string of the molecule is CCNC(=NCc1ccccn1)NCCCOCC1CCOCC1.I. The van der Waals surface area contributed by atoms with Crippen molar-refractivity contribution in [2.45, 2.75) is 32.7 Å². The van der Waals surface area contributed by atoms with Crippen LogP contribution in [0.5, 0.6) is 0 Å². The number of halogens is 1. The molecule has 0 amide bonds. The summed E-state index contributed by atoms with van der Waals surface area (Å²) >= 11 is 0. The highest BCUT2D eigenvalue weighted by Crippen LogP contribution is 2.14. The molecule has 1 aliphatic heterocycles. The van der Waals surface area contributed by atoms with E-state index < -0.39 is 0 Å². The molecule has 6 nitrogen and oxygen atoms in total. The molecule has 1 saturated heterocycles. The molecule has 0 atom stereocenters. The maximum atomic E-state index is 5.78. The minimum absolute atomic E-state index is 0. The van der Waals surface area contributed by atoms with Crippen LogP contribution in [0.25, 0.3) is 0 Å². The molecule has 1 aromatic heterocycles. The molecule has 1 aliphatic rings. The van der Waals surface area contributed by atoms with Crippen molar-refractivity contribution >= 4 is 29.9 Å². The van der Waals surface area contributed by atoms with Gasteiger partial charge in [0.25, 0.3) is 0 Å². The summed E-state index contributed by atoms with van der Waals surface area (Å²) in [5.41, 5.74) is 0.967. The van der Waals surface area contributed by atoms with E-state index in [-0.39, 0.29) is 24.0 Å². The fourth-order valence-electron chi connectivity index (χ4n) is 2.54. The zero-order chi connectivity index (χ0) is 16.9. The van der Waals surface area contributed by atoms with E-state index in [2.05, 4.69) is 27.5 Å². The smallest absolute Gasteiger partial charge is 0.191 e. The van der Waals surface area contributed by atoms with Crippen molar-refractivity contribution in [2.75, 3.05) is 39.5 Å². The lowest BCUT2D eigenvalue weighted by Crippen LogP contribution is -2.38. The lowest BCUT2D eigenvalue weighted by Gasteiger charge is -2.21. The van der Waals surface area contributed by atoms with Crippen LogP contribution in [0.15, 0.2) is 29.4 Å². The Hall–Kier alpha value is -0.930. The minimum Gasteiger partial charge on any atom is -0.381 e. The Labute approximate surface area is 168 Å². The van der Waals surface area contributed by atoms with Gasteiger partial charge in [0.15, 0.2) is 5.96 Å². The molecule has 142 valence electrons. The maximum absolute atomic E-state index is 5.78. The summed E-state index contributed by atoms with van der Waals surface area (Å²) in [5, 5.41) is 6.59. The molecule has 2 N–H and O–H groups in total. The first kappa shape index (κ1) is 22.1. The van der Waals surface area contributed by atoms with Crippen molar-refractivity contribution in [3.8, 4) is 0 Å².